The van der Waals surface area contributed by atoms with Crippen LogP contribution in [-0.2, 0) is 16.6 Å². The number of fused-ring (bicyclic) bond motifs is 3. The summed E-state index contributed by atoms with van der Waals surface area (Å²) in [5.74, 6) is 0.236. The quantitative estimate of drug-likeness (QED) is 0.716. The molecule has 0 amide bonds. The van der Waals surface area contributed by atoms with Gasteiger partial charge in [-0.3, -0.25) is 4.90 Å². The van der Waals surface area contributed by atoms with E-state index in [1.54, 1.807) is 4.31 Å². The third kappa shape index (κ3) is 3.78. The first-order valence-electron chi connectivity index (χ1n) is 8.91. The normalized spacial score (nSPS) is 23.6. The van der Waals surface area contributed by atoms with Crippen LogP contribution in [0.5, 0.6) is 0 Å². The van der Waals surface area contributed by atoms with Gasteiger partial charge in [0, 0.05) is 13.1 Å². The first kappa shape index (κ1) is 16.9. The molecule has 0 aromatic heterocycles. The van der Waals surface area contributed by atoms with E-state index in [0.29, 0.717) is 13.2 Å². The average molecular weight is 337 g/mol. The van der Waals surface area contributed by atoms with E-state index in [-0.39, 0.29) is 11.8 Å². The Morgan fingerprint density at radius 3 is 2.65 bits per heavy atom. The Kier molecular flexibility index (Phi) is 5.39. The van der Waals surface area contributed by atoms with Crippen molar-refractivity contribution in [3.63, 3.8) is 0 Å². The zero-order valence-electron chi connectivity index (χ0n) is 14.1. The van der Waals surface area contributed by atoms with Gasteiger partial charge in [0.2, 0.25) is 10.0 Å². The van der Waals surface area contributed by atoms with Gasteiger partial charge in [-0.1, -0.05) is 63.3 Å². The zero-order valence-corrected chi connectivity index (χ0v) is 14.9. The molecule has 0 aliphatic carbocycles. The molecule has 2 aliphatic heterocycles. The summed E-state index contributed by atoms with van der Waals surface area (Å²) in [7, 11) is -3.13. The topological polar surface area (TPSA) is 40.6 Å². The summed E-state index contributed by atoms with van der Waals surface area (Å²) in [5.41, 5.74) is 2.49. The number of rotatable bonds is 7. The lowest BCUT2D eigenvalue weighted by Gasteiger charge is -2.37. The summed E-state index contributed by atoms with van der Waals surface area (Å²) in [6.07, 6.45) is 7.14. The molecule has 1 aromatic carbocycles. The first-order valence-corrected chi connectivity index (χ1v) is 10.5. The lowest BCUT2D eigenvalue weighted by molar-refractivity contribution is 0.139. The number of nitrogens with zero attached hydrogens (tertiary/aromatic N) is 2. The van der Waals surface area contributed by atoms with E-state index in [1.807, 2.05) is 12.1 Å². The molecule has 0 saturated carbocycles. The molecule has 1 saturated heterocycles. The summed E-state index contributed by atoms with van der Waals surface area (Å²) in [5, 5.41) is 0. The molecule has 1 fully saturated rings. The molecule has 0 radical (unpaired) electrons. The predicted molar refractivity (Wildman–Crippen MR) is 93.5 cm³/mol. The highest BCUT2D eigenvalue weighted by Gasteiger charge is 2.41. The largest absolute Gasteiger partial charge is 0.277 e. The number of benzene rings is 1. The Hall–Kier alpha value is -0.910. The van der Waals surface area contributed by atoms with E-state index < -0.39 is 10.0 Å². The van der Waals surface area contributed by atoms with Crippen molar-refractivity contribution in [3.05, 3.63) is 35.4 Å². The molecule has 1 unspecified atom stereocenters. The monoisotopic (exact) mass is 336 g/mol. The molecule has 0 N–H and O–H groups in total. The van der Waals surface area contributed by atoms with Gasteiger partial charge in [0.1, 0.15) is 0 Å². The van der Waals surface area contributed by atoms with Crippen LogP contribution in [0, 0.1) is 0 Å². The van der Waals surface area contributed by atoms with E-state index in [9.17, 15) is 8.42 Å². The summed E-state index contributed by atoms with van der Waals surface area (Å²) >= 11 is 0. The van der Waals surface area contributed by atoms with Gasteiger partial charge in [-0.25, -0.2) is 8.42 Å². The Morgan fingerprint density at radius 1 is 1.09 bits per heavy atom. The molecule has 1 atom stereocenters. The second kappa shape index (κ2) is 7.32. The third-order valence-electron chi connectivity index (χ3n) is 5.09. The Labute approximate surface area is 140 Å². The Bertz CT molecular complexity index is 630. The van der Waals surface area contributed by atoms with Crippen LogP contribution in [0.1, 0.15) is 62.6 Å². The molecular formula is C18H28N2O2S. The van der Waals surface area contributed by atoms with Gasteiger partial charge in [0.05, 0.1) is 18.5 Å². The number of hydrogen-bond donors (Lipinski definition) is 0. The highest BCUT2D eigenvalue weighted by molar-refractivity contribution is 7.89. The van der Waals surface area contributed by atoms with Gasteiger partial charge in [-0.2, -0.15) is 4.31 Å². The molecule has 2 heterocycles. The van der Waals surface area contributed by atoms with Gasteiger partial charge < -0.3 is 0 Å². The summed E-state index contributed by atoms with van der Waals surface area (Å²) in [6.45, 7) is 4.32. The standard InChI is InChI=1S/C18H28N2O2S/c1-2-3-4-5-6-9-12-20-15-19-13-16-10-7-8-11-17(16)18(19)14-23(20,21)22/h7-8,10-11,18H,2-6,9,12-15H2,1H3. The summed E-state index contributed by atoms with van der Waals surface area (Å²) < 4.78 is 26.9. The van der Waals surface area contributed by atoms with Gasteiger partial charge in [0.15, 0.2) is 0 Å². The Morgan fingerprint density at radius 2 is 1.83 bits per heavy atom. The van der Waals surface area contributed by atoms with Crippen molar-refractivity contribution in [1.82, 2.24) is 9.21 Å². The van der Waals surface area contributed by atoms with Crippen molar-refractivity contribution in [1.29, 1.82) is 0 Å². The van der Waals surface area contributed by atoms with Crippen LogP contribution in [0.2, 0.25) is 0 Å². The van der Waals surface area contributed by atoms with Crippen LogP contribution >= 0.6 is 0 Å². The number of unbranched alkanes of at least 4 members (excludes halogenated alkanes) is 5. The molecule has 128 valence electrons. The minimum absolute atomic E-state index is 0.0528. The van der Waals surface area contributed by atoms with Crippen molar-refractivity contribution in [2.75, 3.05) is 19.0 Å². The van der Waals surface area contributed by atoms with Crippen molar-refractivity contribution in [2.24, 2.45) is 0 Å². The molecular weight excluding hydrogens is 308 g/mol. The van der Waals surface area contributed by atoms with Crippen LogP contribution in [-0.4, -0.2) is 36.6 Å². The molecule has 0 bridgehead atoms. The predicted octanol–water partition coefficient (Wildman–Crippen LogP) is 3.51. The van der Waals surface area contributed by atoms with Crippen LogP contribution < -0.4 is 0 Å². The third-order valence-corrected chi connectivity index (χ3v) is 6.91. The minimum atomic E-state index is -3.13. The number of hydrogen-bond acceptors (Lipinski definition) is 3. The fourth-order valence-electron chi connectivity index (χ4n) is 3.75. The maximum atomic E-state index is 12.6. The van der Waals surface area contributed by atoms with Crippen molar-refractivity contribution >= 4 is 10.0 Å². The van der Waals surface area contributed by atoms with Crippen LogP contribution in [0.3, 0.4) is 0 Å². The summed E-state index contributed by atoms with van der Waals surface area (Å²) in [4.78, 5) is 2.31. The maximum absolute atomic E-state index is 12.6. The molecule has 1 aromatic rings. The highest BCUT2D eigenvalue weighted by atomic mass is 32.2. The highest BCUT2D eigenvalue weighted by Crippen LogP contribution is 2.38. The lowest BCUT2D eigenvalue weighted by atomic mass is 10.1. The van der Waals surface area contributed by atoms with E-state index in [2.05, 4.69) is 24.0 Å². The lowest BCUT2D eigenvalue weighted by Crippen LogP contribution is -2.49. The molecule has 3 rings (SSSR count). The van der Waals surface area contributed by atoms with Gasteiger partial charge in [-0.15, -0.1) is 0 Å². The van der Waals surface area contributed by atoms with Crippen LogP contribution in [0.4, 0.5) is 0 Å². The first-order chi connectivity index (χ1) is 11.1. The van der Waals surface area contributed by atoms with Crippen LogP contribution in [0.15, 0.2) is 24.3 Å². The molecule has 2 aliphatic rings. The smallest absolute Gasteiger partial charge is 0.217 e. The minimum Gasteiger partial charge on any atom is -0.277 e. The summed E-state index contributed by atoms with van der Waals surface area (Å²) in [6, 6.07) is 8.31. The van der Waals surface area contributed by atoms with E-state index >= 15 is 0 Å². The maximum Gasteiger partial charge on any atom is 0.217 e. The van der Waals surface area contributed by atoms with E-state index in [1.165, 1.54) is 36.8 Å². The van der Waals surface area contributed by atoms with E-state index in [4.69, 9.17) is 0 Å². The van der Waals surface area contributed by atoms with Crippen molar-refractivity contribution < 1.29 is 8.42 Å². The molecule has 23 heavy (non-hydrogen) atoms. The van der Waals surface area contributed by atoms with Crippen LogP contribution in [0.25, 0.3) is 0 Å². The fraction of sp³-hybridized carbons (Fsp3) is 0.667. The Balaban J connectivity index is 1.57. The molecule has 4 nitrogen and oxygen atoms in total. The second-order valence-electron chi connectivity index (χ2n) is 6.82. The van der Waals surface area contributed by atoms with Crippen molar-refractivity contribution in [3.8, 4) is 0 Å². The SMILES string of the molecule is CCCCCCCCN1CN2Cc3ccccc3C2CS1(=O)=O. The number of sulfonamides is 1. The van der Waals surface area contributed by atoms with Crippen molar-refractivity contribution in [2.45, 2.75) is 58.0 Å². The van der Waals surface area contributed by atoms with Gasteiger partial charge in [0.25, 0.3) is 0 Å². The molecule has 0 spiro atoms. The van der Waals surface area contributed by atoms with E-state index in [0.717, 1.165) is 19.4 Å². The zero-order chi connectivity index (χ0) is 16.3. The fourth-order valence-corrected chi connectivity index (χ4v) is 5.48. The van der Waals surface area contributed by atoms with Gasteiger partial charge in [-0.05, 0) is 17.5 Å². The second-order valence-corrected chi connectivity index (χ2v) is 8.84. The average Bonchev–Trinajstić information content (AvgIpc) is 2.87. The molecule has 5 heteroatoms. The van der Waals surface area contributed by atoms with Gasteiger partial charge >= 0.3 is 0 Å².